The number of fused-ring (bicyclic) bond motifs is 14. The van der Waals surface area contributed by atoms with E-state index >= 15 is 0 Å². The highest BCUT2D eigenvalue weighted by Crippen LogP contribution is 2.64. The molecule has 1 heterocycles. The summed E-state index contributed by atoms with van der Waals surface area (Å²) in [7, 11) is 0. The minimum Gasteiger partial charge on any atom is -0.456 e. The van der Waals surface area contributed by atoms with Gasteiger partial charge in [0.25, 0.3) is 0 Å². The second-order valence-electron chi connectivity index (χ2n) is 17.3. The van der Waals surface area contributed by atoms with Gasteiger partial charge in [0.15, 0.2) is 0 Å². The summed E-state index contributed by atoms with van der Waals surface area (Å²) in [5.41, 5.74) is 20.6. The van der Waals surface area contributed by atoms with Crippen LogP contribution in [0.15, 0.2) is 217 Å². The van der Waals surface area contributed by atoms with Crippen molar-refractivity contribution in [3.05, 3.63) is 251 Å². The lowest BCUT2D eigenvalue weighted by molar-refractivity contribution is 0.635. The van der Waals surface area contributed by atoms with Gasteiger partial charge in [-0.2, -0.15) is 0 Å². The molecular formula is C59H43NO. The van der Waals surface area contributed by atoms with Gasteiger partial charge in [-0.25, -0.2) is 0 Å². The molecule has 9 aromatic rings. The minimum atomic E-state index is -0.456. The van der Waals surface area contributed by atoms with Crippen molar-refractivity contribution < 1.29 is 4.42 Å². The Hall–Kier alpha value is -7.42. The first-order valence-corrected chi connectivity index (χ1v) is 21.3. The third-order valence-corrected chi connectivity index (χ3v) is 13.8. The molecule has 0 bridgehead atoms. The second kappa shape index (κ2) is 13.3. The predicted molar refractivity (Wildman–Crippen MR) is 254 cm³/mol. The van der Waals surface area contributed by atoms with Crippen molar-refractivity contribution in [2.45, 2.75) is 31.1 Å². The van der Waals surface area contributed by atoms with Crippen LogP contribution in [0.2, 0.25) is 0 Å². The first-order chi connectivity index (χ1) is 29.9. The van der Waals surface area contributed by atoms with Crippen LogP contribution in [0.4, 0.5) is 17.1 Å². The second-order valence-corrected chi connectivity index (χ2v) is 17.3. The van der Waals surface area contributed by atoms with E-state index in [2.05, 4.69) is 213 Å². The molecule has 0 radical (unpaired) electrons. The summed E-state index contributed by atoms with van der Waals surface area (Å²) >= 11 is 0. The van der Waals surface area contributed by atoms with Crippen LogP contribution in [0.3, 0.4) is 0 Å². The Morgan fingerprint density at radius 2 is 1.13 bits per heavy atom. The number of nitrogens with zero attached hydrogens (tertiary/aromatic N) is 1. The van der Waals surface area contributed by atoms with Crippen LogP contribution in [-0.2, 0) is 17.3 Å². The van der Waals surface area contributed by atoms with Crippen LogP contribution in [-0.4, -0.2) is 0 Å². The van der Waals surface area contributed by atoms with Crippen molar-refractivity contribution in [3.63, 3.8) is 0 Å². The molecule has 8 aromatic carbocycles. The molecule has 2 heteroatoms. The summed E-state index contributed by atoms with van der Waals surface area (Å²) < 4.78 is 6.59. The minimum absolute atomic E-state index is 0.363. The van der Waals surface area contributed by atoms with Crippen molar-refractivity contribution in [2.24, 2.45) is 0 Å². The Labute approximate surface area is 357 Å². The molecule has 0 saturated heterocycles. The van der Waals surface area contributed by atoms with Gasteiger partial charge in [0.1, 0.15) is 11.2 Å². The third kappa shape index (κ3) is 5.09. The van der Waals surface area contributed by atoms with Gasteiger partial charge >= 0.3 is 0 Å². The molecule has 0 atom stereocenters. The van der Waals surface area contributed by atoms with Gasteiger partial charge in [0.05, 0.1) is 11.1 Å². The van der Waals surface area contributed by atoms with Gasteiger partial charge < -0.3 is 9.32 Å². The molecule has 12 rings (SSSR count). The molecular weight excluding hydrogens is 739 g/mol. The molecule has 61 heavy (non-hydrogen) atoms. The lowest BCUT2D eigenvalue weighted by Crippen LogP contribution is -2.26. The topological polar surface area (TPSA) is 16.4 Å². The fraction of sp³-hybridized carbons (Fsp3) is 0.0847. The summed E-state index contributed by atoms with van der Waals surface area (Å²) in [5, 5.41) is 2.24. The quantitative estimate of drug-likeness (QED) is 0.177. The molecule has 0 unspecified atom stereocenters. The Kier molecular flexibility index (Phi) is 7.74. The maximum atomic E-state index is 6.59. The third-order valence-electron chi connectivity index (χ3n) is 13.8. The molecule has 1 spiro atoms. The average molecular weight is 782 g/mol. The van der Waals surface area contributed by atoms with Crippen LogP contribution in [0.5, 0.6) is 0 Å². The van der Waals surface area contributed by atoms with E-state index < -0.39 is 5.41 Å². The number of para-hydroxylation sites is 1. The summed E-state index contributed by atoms with van der Waals surface area (Å²) in [4.78, 5) is 2.47. The number of hydrogen-bond acceptors (Lipinski definition) is 2. The first-order valence-electron chi connectivity index (χ1n) is 21.3. The predicted octanol–water partition coefficient (Wildman–Crippen LogP) is 15.4. The molecule has 0 fully saturated rings. The van der Waals surface area contributed by atoms with Gasteiger partial charge in [0, 0.05) is 39.2 Å². The van der Waals surface area contributed by atoms with Gasteiger partial charge in [-0.05, 0) is 110 Å². The van der Waals surface area contributed by atoms with E-state index in [0.717, 1.165) is 51.0 Å². The largest absolute Gasteiger partial charge is 0.456 e. The smallest absolute Gasteiger partial charge is 0.137 e. The molecule has 3 aliphatic carbocycles. The van der Waals surface area contributed by atoms with Crippen LogP contribution < -0.4 is 4.90 Å². The highest BCUT2D eigenvalue weighted by molar-refractivity contribution is 6.07. The van der Waals surface area contributed by atoms with Gasteiger partial charge in [-0.15, -0.1) is 0 Å². The van der Waals surface area contributed by atoms with Gasteiger partial charge in [-0.3, -0.25) is 0 Å². The summed E-state index contributed by atoms with van der Waals surface area (Å²) in [5.74, 6) is 0. The lowest BCUT2D eigenvalue weighted by Gasteiger charge is -2.33. The zero-order chi connectivity index (χ0) is 40.9. The first kappa shape index (κ1) is 35.5. The molecule has 0 saturated carbocycles. The molecule has 0 N–H and O–H groups in total. The van der Waals surface area contributed by atoms with Crippen LogP contribution in [0, 0.1) is 0 Å². The van der Waals surface area contributed by atoms with Crippen LogP contribution in [0.1, 0.15) is 52.8 Å². The summed E-state index contributed by atoms with van der Waals surface area (Å²) in [6.07, 6.45) is 7.65. The monoisotopic (exact) mass is 781 g/mol. The van der Waals surface area contributed by atoms with Crippen LogP contribution >= 0.6 is 0 Å². The number of furan rings is 1. The molecule has 1 aromatic heterocycles. The maximum absolute atomic E-state index is 6.59. The Bertz CT molecular complexity index is 3290. The standard InChI is InChI=1S/C59H43NO/c1-38-35-41(39-17-5-4-6-18-39)20-15-19-40-31-32-42(36-53(40)58(38,2)3)60(43-33-34-47-46-23-10-14-30-55(46)61-56(47)37-43)54-29-16-28-52-57(54)48-24-9-13-27-51(48)59(52)49-25-11-7-21-44(49)45-22-8-12-26-50(45)59/h4-18,20-37H,1,19H2,2-3H3/b20-15-,41-35+. The number of allylic oxidation sites excluding steroid dienone is 5. The molecule has 290 valence electrons. The van der Waals surface area contributed by atoms with Crippen molar-refractivity contribution >= 4 is 44.6 Å². The normalized spacial score (nSPS) is 16.7. The Morgan fingerprint density at radius 3 is 1.90 bits per heavy atom. The average Bonchev–Trinajstić information content (AvgIpc) is 3.94. The molecule has 2 nitrogen and oxygen atoms in total. The van der Waals surface area contributed by atoms with E-state index in [4.69, 9.17) is 11.0 Å². The van der Waals surface area contributed by atoms with Gasteiger partial charge in [0.2, 0.25) is 0 Å². The van der Waals surface area contributed by atoms with E-state index in [1.807, 2.05) is 6.07 Å². The molecule has 0 aliphatic heterocycles. The van der Waals surface area contributed by atoms with Crippen LogP contribution in [0.25, 0.3) is 49.8 Å². The lowest BCUT2D eigenvalue weighted by atomic mass is 9.70. The summed E-state index contributed by atoms with van der Waals surface area (Å²) in [6.45, 7) is 9.39. The highest BCUT2D eigenvalue weighted by Gasteiger charge is 2.52. The molecule has 0 amide bonds. The fourth-order valence-corrected chi connectivity index (χ4v) is 10.8. The Morgan fingerprint density at radius 1 is 0.525 bits per heavy atom. The number of rotatable bonds is 4. The van der Waals surface area contributed by atoms with E-state index in [1.54, 1.807) is 0 Å². The van der Waals surface area contributed by atoms with Crippen molar-refractivity contribution in [3.8, 4) is 22.3 Å². The van der Waals surface area contributed by atoms with E-state index in [9.17, 15) is 0 Å². The SMILES string of the molecule is C=C1/C=C(c2ccccc2)\C=C/Cc2ccc(N(c3ccc4c(c3)oc3ccccc34)c3cccc4c3-c3ccccc3C43c4ccccc4-c4ccccc43)cc2C1(C)C. The maximum Gasteiger partial charge on any atom is 0.137 e. The summed E-state index contributed by atoms with van der Waals surface area (Å²) in [6, 6.07) is 66.9. The zero-order valence-electron chi connectivity index (χ0n) is 34.3. The highest BCUT2D eigenvalue weighted by atomic mass is 16.3. The van der Waals surface area contributed by atoms with Crippen molar-refractivity contribution in [1.29, 1.82) is 0 Å². The molecule has 3 aliphatic rings. The number of anilines is 3. The number of hydrogen-bond donors (Lipinski definition) is 0. The van der Waals surface area contributed by atoms with E-state index in [-0.39, 0.29) is 5.41 Å². The number of benzene rings is 8. The van der Waals surface area contributed by atoms with E-state index in [0.29, 0.717) is 0 Å². The van der Waals surface area contributed by atoms with Crippen molar-refractivity contribution in [2.75, 3.05) is 4.90 Å². The Balaban J connectivity index is 1.11. The van der Waals surface area contributed by atoms with E-state index in [1.165, 1.54) is 66.8 Å². The van der Waals surface area contributed by atoms with Gasteiger partial charge in [-0.1, -0.05) is 178 Å². The zero-order valence-corrected chi connectivity index (χ0v) is 34.3. The van der Waals surface area contributed by atoms with Crippen molar-refractivity contribution in [1.82, 2.24) is 0 Å². The fourth-order valence-electron chi connectivity index (χ4n) is 10.8.